The predicted octanol–water partition coefficient (Wildman–Crippen LogP) is 4.24. The SMILES string of the molecule is Cc1ccc(/C=C2/SC(=Nc3ccccc3Br)NC2=O)o1. The molecule has 106 valence electrons. The number of benzene rings is 1. The predicted molar refractivity (Wildman–Crippen MR) is 88.4 cm³/mol. The van der Waals surface area contributed by atoms with E-state index in [-0.39, 0.29) is 5.91 Å². The maximum atomic E-state index is 11.9. The van der Waals surface area contributed by atoms with Crippen LogP contribution in [0.5, 0.6) is 0 Å². The van der Waals surface area contributed by atoms with E-state index in [0.717, 1.165) is 15.9 Å². The minimum absolute atomic E-state index is 0.167. The Labute approximate surface area is 134 Å². The van der Waals surface area contributed by atoms with Gasteiger partial charge in [-0.3, -0.25) is 4.79 Å². The van der Waals surface area contributed by atoms with E-state index < -0.39 is 0 Å². The van der Waals surface area contributed by atoms with Gasteiger partial charge in [-0.15, -0.1) is 0 Å². The molecule has 3 rings (SSSR count). The van der Waals surface area contributed by atoms with Gasteiger partial charge in [0.05, 0.1) is 10.6 Å². The lowest BCUT2D eigenvalue weighted by Gasteiger charge is -1.98. The maximum absolute atomic E-state index is 11.9. The lowest BCUT2D eigenvalue weighted by Crippen LogP contribution is -2.19. The van der Waals surface area contributed by atoms with Crippen LogP contribution in [0.25, 0.3) is 6.08 Å². The lowest BCUT2D eigenvalue weighted by molar-refractivity contribution is -0.115. The van der Waals surface area contributed by atoms with Gasteiger partial charge in [-0.2, -0.15) is 0 Å². The number of nitrogens with one attached hydrogen (secondary N) is 1. The molecule has 1 fully saturated rings. The fourth-order valence-corrected chi connectivity index (χ4v) is 2.98. The summed E-state index contributed by atoms with van der Waals surface area (Å²) >= 11 is 4.73. The summed E-state index contributed by atoms with van der Waals surface area (Å²) in [6, 6.07) is 11.3. The fourth-order valence-electron chi connectivity index (χ4n) is 1.79. The molecule has 1 aromatic carbocycles. The number of rotatable bonds is 2. The number of thioether (sulfide) groups is 1. The van der Waals surface area contributed by atoms with Crippen molar-refractivity contribution in [3.05, 3.63) is 57.3 Å². The van der Waals surface area contributed by atoms with Gasteiger partial charge in [0.15, 0.2) is 5.17 Å². The molecule has 0 aliphatic carbocycles. The van der Waals surface area contributed by atoms with Crippen LogP contribution < -0.4 is 5.32 Å². The third-order valence-corrected chi connectivity index (χ3v) is 4.34. The number of para-hydroxylation sites is 1. The molecule has 1 amide bonds. The van der Waals surface area contributed by atoms with Gasteiger partial charge >= 0.3 is 0 Å². The summed E-state index contributed by atoms with van der Waals surface area (Å²) in [5.74, 6) is 1.31. The van der Waals surface area contributed by atoms with Crippen molar-refractivity contribution in [3.8, 4) is 0 Å². The van der Waals surface area contributed by atoms with Crippen LogP contribution in [0.15, 0.2) is 55.2 Å². The molecular formula is C15H11BrN2O2S. The van der Waals surface area contributed by atoms with Crippen LogP contribution in [-0.4, -0.2) is 11.1 Å². The number of furan rings is 1. The fraction of sp³-hybridized carbons (Fsp3) is 0.0667. The Morgan fingerprint density at radius 1 is 1.29 bits per heavy atom. The summed E-state index contributed by atoms with van der Waals surface area (Å²) in [6.45, 7) is 1.86. The number of carbonyl (C=O) groups is 1. The Morgan fingerprint density at radius 3 is 2.81 bits per heavy atom. The number of amides is 1. The van der Waals surface area contributed by atoms with E-state index in [2.05, 4.69) is 26.2 Å². The second-order valence-electron chi connectivity index (χ2n) is 4.38. The molecule has 2 heterocycles. The standard InChI is InChI=1S/C15H11BrN2O2S/c1-9-6-7-10(20-9)8-13-14(19)18-15(21-13)17-12-5-3-2-4-11(12)16/h2-8H,1H3,(H,17,18,19)/b13-8+. The monoisotopic (exact) mass is 362 g/mol. The second-order valence-corrected chi connectivity index (χ2v) is 6.27. The molecule has 6 heteroatoms. The van der Waals surface area contributed by atoms with Crippen molar-refractivity contribution >= 4 is 50.5 Å². The second kappa shape index (κ2) is 5.91. The Bertz CT molecular complexity index is 765. The van der Waals surface area contributed by atoms with Gasteiger partial charge in [0.25, 0.3) is 5.91 Å². The first-order valence-electron chi connectivity index (χ1n) is 6.22. The summed E-state index contributed by atoms with van der Waals surface area (Å²) in [7, 11) is 0. The number of amidine groups is 1. The molecule has 0 bridgehead atoms. The summed E-state index contributed by atoms with van der Waals surface area (Å²) in [5, 5.41) is 3.31. The topological polar surface area (TPSA) is 54.6 Å². The molecule has 1 aliphatic heterocycles. The van der Waals surface area contributed by atoms with Crippen molar-refractivity contribution in [2.45, 2.75) is 6.92 Å². The number of carbonyl (C=O) groups excluding carboxylic acids is 1. The normalized spacial score (nSPS) is 18.5. The van der Waals surface area contributed by atoms with Crippen molar-refractivity contribution in [3.63, 3.8) is 0 Å². The van der Waals surface area contributed by atoms with Gasteiger partial charge in [-0.1, -0.05) is 12.1 Å². The van der Waals surface area contributed by atoms with E-state index in [1.54, 1.807) is 6.08 Å². The third kappa shape index (κ3) is 3.28. The highest BCUT2D eigenvalue weighted by molar-refractivity contribution is 9.10. The molecule has 0 spiro atoms. The van der Waals surface area contributed by atoms with Crippen LogP contribution in [0.3, 0.4) is 0 Å². The summed E-state index contributed by atoms with van der Waals surface area (Å²) in [5.41, 5.74) is 0.774. The van der Waals surface area contributed by atoms with Gasteiger partial charge in [-0.25, -0.2) is 4.99 Å². The molecule has 1 saturated heterocycles. The number of aliphatic imine (C=N–C) groups is 1. The average molecular weight is 363 g/mol. The molecule has 1 aromatic heterocycles. The van der Waals surface area contributed by atoms with E-state index >= 15 is 0 Å². The minimum Gasteiger partial charge on any atom is -0.462 e. The molecule has 0 radical (unpaired) electrons. The van der Waals surface area contributed by atoms with Crippen LogP contribution in [0.2, 0.25) is 0 Å². The number of aryl methyl sites for hydroxylation is 1. The molecule has 0 atom stereocenters. The lowest BCUT2D eigenvalue weighted by atomic mass is 10.3. The average Bonchev–Trinajstić information content (AvgIpc) is 3.00. The number of hydrogen-bond acceptors (Lipinski definition) is 4. The van der Waals surface area contributed by atoms with Gasteiger partial charge < -0.3 is 9.73 Å². The van der Waals surface area contributed by atoms with Gasteiger partial charge in [0.2, 0.25) is 0 Å². The van der Waals surface area contributed by atoms with E-state index in [0.29, 0.717) is 15.8 Å². The largest absolute Gasteiger partial charge is 0.462 e. The van der Waals surface area contributed by atoms with Gasteiger partial charge in [-0.05, 0) is 58.9 Å². The zero-order chi connectivity index (χ0) is 14.8. The maximum Gasteiger partial charge on any atom is 0.264 e. The van der Waals surface area contributed by atoms with Crippen LogP contribution in [0.4, 0.5) is 5.69 Å². The Balaban J connectivity index is 1.85. The van der Waals surface area contributed by atoms with E-state index in [1.807, 2.05) is 43.3 Å². The van der Waals surface area contributed by atoms with Crippen molar-refractivity contribution in [2.24, 2.45) is 4.99 Å². The number of halogens is 1. The van der Waals surface area contributed by atoms with Crippen LogP contribution >= 0.6 is 27.7 Å². The van der Waals surface area contributed by atoms with E-state index in [4.69, 9.17) is 4.42 Å². The first-order valence-corrected chi connectivity index (χ1v) is 7.83. The van der Waals surface area contributed by atoms with Crippen LogP contribution in [-0.2, 0) is 4.79 Å². The Kier molecular flexibility index (Phi) is 3.98. The zero-order valence-corrected chi connectivity index (χ0v) is 13.5. The molecule has 4 nitrogen and oxygen atoms in total. The molecule has 0 saturated carbocycles. The zero-order valence-electron chi connectivity index (χ0n) is 11.1. The molecule has 1 N–H and O–H groups in total. The van der Waals surface area contributed by atoms with Crippen molar-refractivity contribution < 1.29 is 9.21 Å². The highest BCUT2D eigenvalue weighted by Gasteiger charge is 2.24. The quantitative estimate of drug-likeness (QED) is 0.812. The Hall–Kier alpha value is -1.79. The Morgan fingerprint density at radius 2 is 2.10 bits per heavy atom. The third-order valence-electron chi connectivity index (χ3n) is 2.76. The first-order chi connectivity index (χ1) is 10.1. The van der Waals surface area contributed by atoms with Gasteiger partial charge in [0.1, 0.15) is 11.5 Å². The van der Waals surface area contributed by atoms with Crippen molar-refractivity contribution in [1.82, 2.24) is 5.32 Å². The summed E-state index contributed by atoms with van der Waals surface area (Å²) in [6.07, 6.45) is 1.72. The van der Waals surface area contributed by atoms with Crippen LogP contribution in [0.1, 0.15) is 11.5 Å². The van der Waals surface area contributed by atoms with Crippen LogP contribution in [0, 0.1) is 6.92 Å². The smallest absolute Gasteiger partial charge is 0.264 e. The van der Waals surface area contributed by atoms with Crippen molar-refractivity contribution in [2.75, 3.05) is 0 Å². The van der Waals surface area contributed by atoms with E-state index in [1.165, 1.54) is 11.8 Å². The van der Waals surface area contributed by atoms with E-state index in [9.17, 15) is 4.79 Å². The van der Waals surface area contributed by atoms with Crippen molar-refractivity contribution in [1.29, 1.82) is 0 Å². The summed E-state index contributed by atoms with van der Waals surface area (Å²) < 4.78 is 6.33. The highest BCUT2D eigenvalue weighted by atomic mass is 79.9. The molecule has 0 unspecified atom stereocenters. The minimum atomic E-state index is -0.167. The number of hydrogen-bond donors (Lipinski definition) is 1. The molecule has 1 aliphatic rings. The number of nitrogens with zero attached hydrogens (tertiary/aromatic N) is 1. The molecule has 21 heavy (non-hydrogen) atoms. The molecule has 2 aromatic rings. The molecular weight excluding hydrogens is 352 g/mol. The highest BCUT2D eigenvalue weighted by Crippen LogP contribution is 2.31. The first kappa shape index (κ1) is 14.2. The van der Waals surface area contributed by atoms with Gasteiger partial charge in [0, 0.05) is 10.5 Å². The summed E-state index contributed by atoms with van der Waals surface area (Å²) in [4.78, 5) is 16.9.